The van der Waals surface area contributed by atoms with Crippen LogP contribution < -0.4 is 15.6 Å². The second-order valence-electron chi connectivity index (χ2n) is 9.65. The topological polar surface area (TPSA) is 101 Å². The van der Waals surface area contributed by atoms with Crippen LogP contribution in [0.2, 0.25) is 0 Å². The molecule has 2 heterocycles. The van der Waals surface area contributed by atoms with Crippen molar-refractivity contribution in [3.63, 3.8) is 0 Å². The minimum absolute atomic E-state index is 0.0582. The Hall–Kier alpha value is -2.91. The maximum atomic E-state index is 12.5. The molecule has 0 radical (unpaired) electrons. The van der Waals surface area contributed by atoms with Gasteiger partial charge in [-0.25, -0.2) is 13.2 Å². The van der Waals surface area contributed by atoms with Crippen molar-refractivity contribution >= 4 is 27.0 Å². The third-order valence-electron chi connectivity index (χ3n) is 6.31. The SMILES string of the molecule is COC1C(c2ccc3c(c2)CCN3S(C)(=O)=O)=CC(n2ccc(=O)[nH]c2=O)=CC1C(C)(C)C. The average molecular weight is 472 g/mol. The summed E-state index contributed by atoms with van der Waals surface area (Å²) in [7, 11) is -1.66. The molecule has 0 bridgehead atoms. The highest BCUT2D eigenvalue weighted by molar-refractivity contribution is 7.92. The van der Waals surface area contributed by atoms with Crippen LogP contribution in [0.3, 0.4) is 0 Å². The molecule has 0 spiro atoms. The number of H-pyrrole nitrogens is 1. The lowest BCUT2D eigenvalue weighted by Gasteiger charge is -2.39. The Morgan fingerprint density at radius 1 is 1.15 bits per heavy atom. The van der Waals surface area contributed by atoms with Crippen molar-refractivity contribution in [2.24, 2.45) is 11.3 Å². The van der Waals surface area contributed by atoms with Crippen LogP contribution in [0, 0.1) is 11.3 Å². The van der Waals surface area contributed by atoms with E-state index in [4.69, 9.17) is 4.74 Å². The van der Waals surface area contributed by atoms with Crippen molar-refractivity contribution in [2.75, 3.05) is 24.2 Å². The van der Waals surface area contributed by atoms with Gasteiger partial charge in [-0.3, -0.25) is 18.7 Å². The summed E-state index contributed by atoms with van der Waals surface area (Å²) >= 11 is 0. The number of aromatic nitrogens is 2. The number of fused-ring (bicyclic) bond motifs is 1. The van der Waals surface area contributed by atoms with Gasteiger partial charge in [0.25, 0.3) is 5.56 Å². The molecule has 176 valence electrons. The molecule has 1 aromatic heterocycles. The first-order chi connectivity index (χ1) is 15.4. The lowest BCUT2D eigenvalue weighted by molar-refractivity contribution is 0.0673. The standard InChI is InChI=1S/C24H29N3O5S/c1-24(2,3)19-14-17(26-10-9-21(28)25-23(26)29)13-18(22(19)32-4)15-6-7-20-16(12-15)8-11-27(20)33(5,30)31/h6-7,9-10,12-14,19,22H,8,11H2,1-5H3,(H,25,28,29). The van der Waals surface area contributed by atoms with Gasteiger partial charge in [-0.15, -0.1) is 0 Å². The summed E-state index contributed by atoms with van der Waals surface area (Å²) in [6.07, 6.45) is 6.97. The number of allylic oxidation sites excluding steroid dienone is 2. The molecule has 1 aliphatic carbocycles. The number of sulfonamides is 1. The number of benzene rings is 1. The number of hydrogen-bond donors (Lipinski definition) is 1. The average Bonchev–Trinajstić information content (AvgIpc) is 3.16. The molecule has 1 aliphatic heterocycles. The number of hydrogen-bond acceptors (Lipinski definition) is 5. The van der Waals surface area contributed by atoms with Gasteiger partial charge in [0.05, 0.1) is 18.0 Å². The highest BCUT2D eigenvalue weighted by Gasteiger charge is 2.37. The highest BCUT2D eigenvalue weighted by atomic mass is 32.2. The van der Waals surface area contributed by atoms with E-state index in [1.165, 1.54) is 27.4 Å². The Labute approximate surface area is 193 Å². The monoisotopic (exact) mass is 471 g/mol. The summed E-state index contributed by atoms with van der Waals surface area (Å²) in [4.78, 5) is 26.4. The van der Waals surface area contributed by atoms with E-state index >= 15 is 0 Å². The summed E-state index contributed by atoms with van der Waals surface area (Å²) < 4.78 is 33.1. The first-order valence-corrected chi connectivity index (χ1v) is 12.6. The summed E-state index contributed by atoms with van der Waals surface area (Å²) in [6, 6.07) is 7.07. The Kier molecular flexibility index (Phi) is 5.74. The second kappa shape index (κ2) is 8.14. The second-order valence-corrected chi connectivity index (χ2v) is 11.6. The number of nitrogens with one attached hydrogen (secondary N) is 1. The van der Waals surface area contributed by atoms with Crippen molar-refractivity contribution in [2.45, 2.75) is 33.3 Å². The molecular weight excluding hydrogens is 442 g/mol. The van der Waals surface area contributed by atoms with Gasteiger partial charge in [0.1, 0.15) is 0 Å². The van der Waals surface area contributed by atoms with E-state index in [1.54, 1.807) is 7.11 Å². The van der Waals surface area contributed by atoms with Crippen molar-refractivity contribution in [1.82, 2.24) is 9.55 Å². The van der Waals surface area contributed by atoms with Crippen LogP contribution in [0.1, 0.15) is 31.9 Å². The van der Waals surface area contributed by atoms with E-state index in [9.17, 15) is 18.0 Å². The Bertz CT molecular complexity index is 1380. The fraction of sp³-hybridized carbons (Fsp3) is 0.417. The van der Waals surface area contributed by atoms with Crippen LogP contribution in [0.5, 0.6) is 0 Å². The Balaban J connectivity index is 1.87. The van der Waals surface area contributed by atoms with Crippen LogP contribution in [0.4, 0.5) is 5.69 Å². The van der Waals surface area contributed by atoms with E-state index < -0.39 is 21.3 Å². The zero-order valence-electron chi connectivity index (χ0n) is 19.5. The third-order valence-corrected chi connectivity index (χ3v) is 7.49. The molecule has 8 nitrogen and oxygen atoms in total. The zero-order chi connectivity index (χ0) is 24.1. The maximum absolute atomic E-state index is 12.5. The number of rotatable bonds is 4. The van der Waals surface area contributed by atoms with Crippen molar-refractivity contribution < 1.29 is 13.2 Å². The number of aromatic amines is 1. The molecule has 0 amide bonds. The molecule has 1 N–H and O–H groups in total. The first kappa shape index (κ1) is 23.3. The molecule has 0 saturated carbocycles. The Morgan fingerprint density at radius 2 is 1.88 bits per heavy atom. The van der Waals surface area contributed by atoms with Gasteiger partial charge in [0.2, 0.25) is 10.0 Å². The van der Waals surface area contributed by atoms with E-state index in [2.05, 4.69) is 25.8 Å². The normalized spacial score (nSPS) is 20.9. The van der Waals surface area contributed by atoms with Crippen LogP contribution >= 0.6 is 0 Å². The van der Waals surface area contributed by atoms with Gasteiger partial charge in [0, 0.05) is 37.5 Å². The summed E-state index contributed by atoms with van der Waals surface area (Å²) in [5.74, 6) is -0.0582. The van der Waals surface area contributed by atoms with Gasteiger partial charge in [0.15, 0.2) is 0 Å². The fourth-order valence-corrected chi connectivity index (χ4v) is 5.60. The largest absolute Gasteiger partial charge is 0.376 e. The molecule has 0 saturated heterocycles. The van der Waals surface area contributed by atoms with E-state index in [-0.39, 0.29) is 17.4 Å². The van der Waals surface area contributed by atoms with E-state index in [1.807, 2.05) is 30.4 Å². The van der Waals surface area contributed by atoms with E-state index in [0.29, 0.717) is 24.4 Å². The molecule has 4 rings (SSSR count). The van der Waals surface area contributed by atoms with Crippen LogP contribution in [-0.4, -0.2) is 44.0 Å². The first-order valence-electron chi connectivity index (χ1n) is 10.8. The number of nitrogens with zero attached hydrogens (tertiary/aromatic N) is 2. The summed E-state index contributed by atoms with van der Waals surface area (Å²) in [5.41, 5.74) is 2.98. The van der Waals surface area contributed by atoms with Crippen molar-refractivity contribution in [3.8, 4) is 0 Å². The molecule has 2 aromatic rings. The van der Waals surface area contributed by atoms with Crippen molar-refractivity contribution in [1.29, 1.82) is 0 Å². The van der Waals surface area contributed by atoms with Crippen LogP contribution in [-0.2, 0) is 21.2 Å². The molecule has 2 unspecified atom stereocenters. The Morgan fingerprint density at radius 3 is 2.48 bits per heavy atom. The lowest BCUT2D eigenvalue weighted by atomic mass is 9.71. The third kappa shape index (κ3) is 4.35. The van der Waals surface area contributed by atoms with Gasteiger partial charge in [-0.05, 0) is 46.7 Å². The molecular formula is C24H29N3O5S. The number of methoxy groups -OCH3 is 1. The van der Waals surface area contributed by atoms with Gasteiger partial charge < -0.3 is 4.74 Å². The molecule has 33 heavy (non-hydrogen) atoms. The molecule has 1 aromatic carbocycles. The van der Waals surface area contributed by atoms with Gasteiger partial charge in [-0.1, -0.05) is 32.9 Å². The number of anilines is 1. The summed E-state index contributed by atoms with van der Waals surface area (Å²) in [6.45, 7) is 6.77. The van der Waals surface area contributed by atoms with Gasteiger partial charge in [-0.2, -0.15) is 0 Å². The molecule has 2 aliphatic rings. The highest BCUT2D eigenvalue weighted by Crippen LogP contribution is 2.43. The fourth-order valence-electron chi connectivity index (χ4n) is 4.65. The molecule has 0 fully saturated rings. The van der Waals surface area contributed by atoms with E-state index in [0.717, 1.165) is 16.7 Å². The minimum Gasteiger partial charge on any atom is -0.376 e. The zero-order valence-corrected chi connectivity index (χ0v) is 20.3. The quantitative estimate of drug-likeness (QED) is 0.738. The molecule has 2 atom stereocenters. The smallest absolute Gasteiger partial charge is 0.332 e. The van der Waals surface area contributed by atoms with Crippen molar-refractivity contribution in [3.05, 3.63) is 74.6 Å². The van der Waals surface area contributed by atoms with Crippen LogP contribution in [0.15, 0.2) is 52.2 Å². The van der Waals surface area contributed by atoms with Gasteiger partial charge >= 0.3 is 5.69 Å². The minimum atomic E-state index is -3.33. The number of ether oxygens (including phenoxy) is 1. The molecule has 9 heteroatoms. The predicted molar refractivity (Wildman–Crippen MR) is 130 cm³/mol. The lowest BCUT2D eigenvalue weighted by Crippen LogP contribution is -2.37. The maximum Gasteiger partial charge on any atom is 0.332 e. The van der Waals surface area contributed by atoms with Crippen LogP contribution in [0.25, 0.3) is 11.3 Å². The predicted octanol–water partition coefficient (Wildman–Crippen LogP) is 2.47. The summed E-state index contributed by atoms with van der Waals surface area (Å²) in [5, 5.41) is 0.